The molecule has 4 heteroatoms. The zero-order chi connectivity index (χ0) is 14.7. The standard InChI is InChI=1S/C17H20N2O2/c1-12-8-13(10-18-14-6-7-14)11-19-17(12)21-16-5-3-4-15(9-16)20-2/h3-5,8-9,11,14,18H,6-7,10H2,1-2H3. The van der Waals surface area contributed by atoms with Crippen molar-refractivity contribution in [2.45, 2.75) is 32.4 Å². The molecule has 3 rings (SSSR count). The van der Waals surface area contributed by atoms with E-state index >= 15 is 0 Å². The van der Waals surface area contributed by atoms with Crippen molar-refractivity contribution in [1.82, 2.24) is 10.3 Å². The lowest BCUT2D eigenvalue weighted by Crippen LogP contribution is -2.15. The third kappa shape index (κ3) is 3.73. The third-order valence-corrected chi connectivity index (χ3v) is 3.51. The molecule has 0 aliphatic heterocycles. The van der Waals surface area contributed by atoms with E-state index in [1.807, 2.05) is 37.4 Å². The zero-order valence-corrected chi connectivity index (χ0v) is 12.4. The Bertz CT molecular complexity index is 624. The van der Waals surface area contributed by atoms with Gasteiger partial charge in [-0.25, -0.2) is 4.98 Å². The van der Waals surface area contributed by atoms with Crippen LogP contribution in [-0.2, 0) is 6.54 Å². The van der Waals surface area contributed by atoms with E-state index in [9.17, 15) is 0 Å². The zero-order valence-electron chi connectivity index (χ0n) is 12.4. The maximum absolute atomic E-state index is 5.83. The van der Waals surface area contributed by atoms with Crippen LogP contribution in [0.15, 0.2) is 36.5 Å². The summed E-state index contributed by atoms with van der Waals surface area (Å²) in [5.74, 6) is 2.14. The van der Waals surface area contributed by atoms with Gasteiger partial charge in [0.1, 0.15) is 11.5 Å². The molecule has 0 amide bonds. The second-order valence-corrected chi connectivity index (χ2v) is 5.40. The number of hydrogen-bond acceptors (Lipinski definition) is 4. The Morgan fingerprint density at radius 2 is 2.05 bits per heavy atom. The predicted molar refractivity (Wildman–Crippen MR) is 81.9 cm³/mol. The number of nitrogens with one attached hydrogen (secondary N) is 1. The topological polar surface area (TPSA) is 43.4 Å². The van der Waals surface area contributed by atoms with Crippen LogP contribution in [0.5, 0.6) is 17.4 Å². The quantitative estimate of drug-likeness (QED) is 0.882. The molecule has 1 saturated carbocycles. The second-order valence-electron chi connectivity index (χ2n) is 5.40. The molecule has 1 aromatic carbocycles. The Balaban J connectivity index is 1.69. The molecule has 0 saturated heterocycles. The van der Waals surface area contributed by atoms with Crippen molar-refractivity contribution >= 4 is 0 Å². The van der Waals surface area contributed by atoms with Crippen LogP contribution in [-0.4, -0.2) is 18.1 Å². The first-order chi connectivity index (χ1) is 10.2. The molecule has 1 heterocycles. The van der Waals surface area contributed by atoms with Gasteiger partial charge in [0.25, 0.3) is 0 Å². The highest BCUT2D eigenvalue weighted by atomic mass is 16.5. The van der Waals surface area contributed by atoms with Gasteiger partial charge in [0.05, 0.1) is 7.11 Å². The van der Waals surface area contributed by atoms with Gasteiger partial charge in [-0.05, 0) is 43.5 Å². The summed E-state index contributed by atoms with van der Waals surface area (Å²) >= 11 is 0. The first-order valence-corrected chi connectivity index (χ1v) is 7.25. The molecule has 1 N–H and O–H groups in total. The highest BCUT2D eigenvalue weighted by molar-refractivity contribution is 5.37. The highest BCUT2D eigenvalue weighted by Crippen LogP contribution is 2.26. The van der Waals surface area contributed by atoms with Crippen molar-refractivity contribution in [3.8, 4) is 17.4 Å². The number of hydrogen-bond donors (Lipinski definition) is 1. The minimum atomic E-state index is 0.637. The molecular formula is C17H20N2O2. The summed E-state index contributed by atoms with van der Waals surface area (Å²) < 4.78 is 11.0. The number of aromatic nitrogens is 1. The fourth-order valence-electron chi connectivity index (χ4n) is 2.15. The van der Waals surface area contributed by atoms with Gasteiger partial charge in [-0.1, -0.05) is 6.07 Å². The van der Waals surface area contributed by atoms with Crippen LogP contribution in [0.2, 0.25) is 0 Å². The van der Waals surface area contributed by atoms with Crippen LogP contribution < -0.4 is 14.8 Å². The lowest BCUT2D eigenvalue weighted by molar-refractivity contribution is 0.407. The van der Waals surface area contributed by atoms with Gasteiger partial charge in [-0.15, -0.1) is 0 Å². The molecular weight excluding hydrogens is 264 g/mol. The van der Waals surface area contributed by atoms with Crippen LogP contribution in [0.1, 0.15) is 24.0 Å². The van der Waals surface area contributed by atoms with Crippen LogP contribution in [0, 0.1) is 6.92 Å². The van der Waals surface area contributed by atoms with Crippen LogP contribution in [0.3, 0.4) is 0 Å². The summed E-state index contributed by atoms with van der Waals surface area (Å²) in [5.41, 5.74) is 2.23. The molecule has 2 aromatic rings. The lowest BCUT2D eigenvalue weighted by atomic mass is 10.2. The van der Waals surface area contributed by atoms with Gasteiger partial charge in [0.2, 0.25) is 5.88 Å². The molecule has 1 aliphatic rings. The fraction of sp³-hybridized carbons (Fsp3) is 0.353. The molecule has 0 bridgehead atoms. The molecule has 0 spiro atoms. The molecule has 21 heavy (non-hydrogen) atoms. The molecule has 4 nitrogen and oxygen atoms in total. The van der Waals surface area contributed by atoms with Gasteiger partial charge >= 0.3 is 0 Å². The summed E-state index contributed by atoms with van der Waals surface area (Å²) in [5, 5.41) is 3.49. The first kappa shape index (κ1) is 13.9. The maximum Gasteiger partial charge on any atom is 0.222 e. The maximum atomic E-state index is 5.83. The second kappa shape index (κ2) is 6.14. The summed E-state index contributed by atoms with van der Waals surface area (Å²) in [6.45, 7) is 2.89. The number of pyridine rings is 1. The molecule has 0 unspecified atom stereocenters. The van der Waals surface area contributed by atoms with Crippen molar-refractivity contribution in [3.05, 3.63) is 47.7 Å². The molecule has 1 aromatic heterocycles. The summed E-state index contributed by atoms with van der Waals surface area (Å²) in [4.78, 5) is 4.42. The summed E-state index contributed by atoms with van der Waals surface area (Å²) in [7, 11) is 1.64. The first-order valence-electron chi connectivity index (χ1n) is 7.25. The van der Waals surface area contributed by atoms with Gasteiger partial charge in [-0.3, -0.25) is 0 Å². The molecule has 110 valence electrons. The number of ether oxygens (including phenoxy) is 2. The Labute approximate surface area is 125 Å². The molecule has 0 radical (unpaired) electrons. The average Bonchev–Trinajstić information content (AvgIpc) is 3.32. The van der Waals surface area contributed by atoms with Gasteiger partial charge < -0.3 is 14.8 Å². The van der Waals surface area contributed by atoms with Crippen LogP contribution in [0.4, 0.5) is 0 Å². The average molecular weight is 284 g/mol. The lowest BCUT2D eigenvalue weighted by Gasteiger charge is -2.10. The van der Waals surface area contributed by atoms with Crippen molar-refractivity contribution in [1.29, 1.82) is 0 Å². The van der Waals surface area contributed by atoms with E-state index in [0.717, 1.165) is 23.6 Å². The number of aryl methyl sites for hydroxylation is 1. The number of methoxy groups -OCH3 is 1. The highest BCUT2D eigenvalue weighted by Gasteiger charge is 2.20. The van der Waals surface area contributed by atoms with Gasteiger partial charge in [0, 0.05) is 30.4 Å². The minimum Gasteiger partial charge on any atom is -0.497 e. The van der Waals surface area contributed by atoms with Crippen LogP contribution >= 0.6 is 0 Å². The Kier molecular flexibility index (Phi) is 4.06. The monoisotopic (exact) mass is 284 g/mol. The third-order valence-electron chi connectivity index (χ3n) is 3.51. The normalized spacial score (nSPS) is 14.0. The fourth-order valence-corrected chi connectivity index (χ4v) is 2.15. The van der Waals surface area contributed by atoms with E-state index in [1.54, 1.807) is 7.11 Å². The Morgan fingerprint density at radius 3 is 2.76 bits per heavy atom. The van der Waals surface area contributed by atoms with Gasteiger partial charge in [-0.2, -0.15) is 0 Å². The minimum absolute atomic E-state index is 0.637. The molecule has 1 fully saturated rings. The van der Waals surface area contributed by atoms with Crippen molar-refractivity contribution in [2.24, 2.45) is 0 Å². The van der Waals surface area contributed by atoms with Gasteiger partial charge in [0.15, 0.2) is 0 Å². The molecule has 1 aliphatic carbocycles. The van der Waals surface area contributed by atoms with Crippen molar-refractivity contribution in [2.75, 3.05) is 7.11 Å². The largest absolute Gasteiger partial charge is 0.497 e. The van der Waals surface area contributed by atoms with Crippen LogP contribution in [0.25, 0.3) is 0 Å². The summed E-state index contributed by atoms with van der Waals surface area (Å²) in [6, 6.07) is 10.4. The van der Waals surface area contributed by atoms with E-state index in [1.165, 1.54) is 18.4 Å². The van der Waals surface area contributed by atoms with E-state index in [-0.39, 0.29) is 0 Å². The smallest absolute Gasteiger partial charge is 0.222 e. The number of nitrogens with zero attached hydrogens (tertiary/aromatic N) is 1. The van der Waals surface area contributed by atoms with E-state index < -0.39 is 0 Å². The Morgan fingerprint density at radius 1 is 1.24 bits per heavy atom. The van der Waals surface area contributed by atoms with E-state index in [0.29, 0.717) is 11.9 Å². The molecule has 0 atom stereocenters. The van der Waals surface area contributed by atoms with Crippen molar-refractivity contribution < 1.29 is 9.47 Å². The van der Waals surface area contributed by atoms with Crippen molar-refractivity contribution in [3.63, 3.8) is 0 Å². The Hall–Kier alpha value is -2.07. The summed E-state index contributed by atoms with van der Waals surface area (Å²) in [6.07, 6.45) is 4.46. The number of benzene rings is 1. The number of rotatable bonds is 6. The van der Waals surface area contributed by atoms with E-state index in [4.69, 9.17) is 9.47 Å². The predicted octanol–water partition coefficient (Wildman–Crippen LogP) is 3.44. The van der Waals surface area contributed by atoms with E-state index in [2.05, 4.69) is 16.4 Å². The SMILES string of the molecule is COc1cccc(Oc2ncc(CNC3CC3)cc2C)c1.